The zero-order valence-electron chi connectivity index (χ0n) is 10.5. The summed E-state index contributed by atoms with van der Waals surface area (Å²) in [6, 6.07) is -0.314. The van der Waals surface area contributed by atoms with E-state index >= 15 is 0 Å². The fourth-order valence-corrected chi connectivity index (χ4v) is 1.39. The van der Waals surface area contributed by atoms with Crippen LogP contribution in [-0.2, 0) is 11.8 Å². The quantitative estimate of drug-likeness (QED) is 0.661. The molecule has 1 aromatic heterocycles. The molecule has 1 aromatic rings. The molecule has 0 aliphatic rings. The molecule has 0 spiro atoms. The molecule has 2 amide bonds. The van der Waals surface area contributed by atoms with Crippen LogP contribution in [0.25, 0.3) is 0 Å². The molecule has 1 atom stereocenters. The van der Waals surface area contributed by atoms with E-state index in [-0.39, 0.29) is 11.9 Å². The predicted molar refractivity (Wildman–Crippen MR) is 66.3 cm³/mol. The van der Waals surface area contributed by atoms with Gasteiger partial charge in [-0.2, -0.15) is 5.10 Å². The van der Waals surface area contributed by atoms with Gasteiger partial charge < -0.3 is 15.7 Å². The van der Waals surface area contributed by atoms with E-state index in [1.54, 1.807) is 31.0 Å². The number of carbonyl (C=O) groups excluding carboxylic acids is 1. The number of aromatic nitrogens is 2. The fourth-order valence-electron chi connectivity index (χ4n) is 1.39. The summed E-state index contributed by atoms with van der Waals surface area (Å²) >= 11 is 0. The second-order valence-corrected chi connectivity index (χ2v) is 4.17. The van der Waals surface area contributed by atoms with Gasteiger partial charge in [0.2, 0.25) is 0 Å². The molecule has 1 heterocycles. The van der Waals surface area contributed by atoms with Crippen molar-refractivity contribution in [3.63, 3.8) is 0 Å². The van der Waals surface area contributed by atoms with Crippen LogP contribution in [0.15, 0.2) is 12.4 Å². The number of hydrogen-bond donors (Lipinski definition) is 3. The molecule has 0 aliphatic carbocycles. The summed E-state index contributed by atoms with van der Waals surface area (Å²) in [6.45, 7) is 2.10. The van der Waals surface area contributed by atoms with Crippen LogP contribution in [-0.4, -0.2) is 33.4 Å². The van der Waals surface area contributed by atoms with Crippen molar-refractivity contribution >= 4 is 17.7 Å². The van der Waals surface area contributed by atoms with Gasteiger partial charge in [0.05, 0.1) is 17.8 Å². The Morgan fingerprint density at radius 1 is 1.56 bits per heavy atom. The van der Waals surface area contributed by atoms with Gasteiger partial charge in [-0.1, -0.05) is 6.92 Å². The zero-order valence-corrected chi connectivity index (χ0v) is 10.5. The molecule has 0 radical (unpaired) electrons. The van der Waals surface area contributed by atoms with Gasteiger partial charge in [0.15, 0.2) is 0 Å². The molecule has 1 unspecified atom stereocenters. The number of carboxylic acids is 1. The Labute approximate surface area is 105 Å². The van der Waals surface area contributed by atoms with E-state index in [1.807, 2.05) is 0 Å². The van der Waals surface area contributed by atoms with Crippen molar-refractivity contribution in [3.8, 4) is 0 Å². The minimum absolute atomic E-state index is 0.314. The molecule has 1 rings (SSSR count). The normalized spacial score (nSPS) is 11.9. The Balaban J connectivity index is 2.16. The van der Waals surface area contributed by atoms with Crippen molar-refractivity contribution in [2.75, 3.05) is 11.9 Å². The third-order valence-electron chi connectivity index (χ3n) is 2.48. The number of urea groups is 1. The number of aliphatic carboxylic acids is 1. The first-order valence-electron chi connectivity index (χ1n) is 5.75. The van der Waals surface area contributed by atoms with Crippen molar-refractivity contribution in [1.82, 2.24) is 15.1 Å². The molecular weight excluding hydrogens is 236 g/mol. The van der Waals surface area contributed by atoms with Crippen LogP contribution in [0.4, 0.5) is 10.5 Å². The van der Waals surface area contributed by atoms with Crippen molar-refractivity contribution in [2.45, 2.75) is 19.8 Å². The van der Waals surface area contributed by atoms with Crippen LogP contribution in [0.3, 0.4) is 0 Å². The van der Waals surface area contributed by atoms with Gasteiger partial charge in [0, 0.05) is 19.8 Å². The highest BCUT2D eigenvalue weighted by Gasteiger charge is 2.10. The Kier molecular flexibility index (Phi) is 5.16. The number of nitrogens with zero attached hydrogens (tertiary/aromatic N) is 2. The van der Waals surface area contributed by atoms with Crippen LogP contribution in [0.2, 0.25) is 0 Å². The van der Waals surface area contributed by atoms with Crippen LogP contribution in [0.5, 0.6) is 0 Å². The minimum Gasteiger partial charge on any atom is -0.481 e. The SMILES string of the molecule is CC(CCCNC(=O)Nc1cnn(C)c1)C(=O)O. The molecule has 100 valence electrons. The van der Waals surface area contributed by atoms with Gasteiger partial charge in [-0.25, -0.2) is 4.79 Å². The molecule has 3 N–H and O–H groups in total. The number of amides is 2. The third-order valence-corrected chi connectivity index (χ3v) is 2.48. The van der Waals surface area contributed by atoms with E-state index in [4.69, 9.17) is 5.11 Å². The minimum atomic E-state index is -0.810. The highest BCUT2D eigenvalue weighted by molar-refractivity contribution is 5.88. The van der Waals surface area contributed by atoms with E-state index < -0.39 is 5.97 Å². The maximum atomic E-state index is 11.4. The van der Waals surface area contributed by atoms with Gasteiger partial charge >= 0.3 is 12.0 Å². The number of carboxylic acid groups (broad SMARTS) is 1. The number of nitrogens with one attached hydrogen (secondary N) is 2. The van der Waals surface area contributed by atoms with Crippen LogP contribution < -0.4 is 10.6 Å². The lowest BCUT2D eigenvalue weighted by Gasteiger charge is -2.07. The second-order valence-electron chi connectivity index (χ2n) is 4.17. The van der Waals surface area contributed by atoms with Crippen molar-refractivity contribution in [3.05, 3.63) is 12.4 Å². The average Bonchev–Trinajstić information content (AvgIpc) is 2.69. The van der Waals surface area contributed by atoms with Crippen molar-refractivity contribution in [1.29, 1.82) is 0 Å². The molecule has 7 nitrogen and oxygen atoms in total. The van der Waals surface area contributed by atoms with E-state index in [0.717, 1.165) is 0 Å². The van der Waals surface area contributed by atoms with Crippen LogP contribution in [0.1, 0.15) is 19.8 Å². The number of carbonyl (C=O) groups is 2. The average molecular weight is 254 g/mol. The largest absolute Gasteiger partial charge is 0.481 e. The monoisotopic (exact) mass is 254 g/mol. The summed E-state index contributed by atoms with van der Waals surface area (Å²) in [4.78, 5) is 22.0. The van der Waals surface area contributed by atoms with E-state index in [1.165, 1.54) is 0 Å². The maximum absolute atomic E-state index is 11.4. The number of hydrogen-bond acceptors (Lipinski definition) is 3. The highest BCUT2D eigenvalue weighted by atomic mass is 16.4. The molecule has 0 saturated carbocycles. The first kappa shape index (κ1) is 14.0. The molecule has 0 fully saturated rings. The lowest BCUT2D eigenvalue weighted by Crippen LogP contribution is -2.29. The van der Waals surface area contributed by atoms with Gasteiger partial charge in [-0.3, -0.25) is 9.48 Å². The van der Waals surface area contributed by atoms with E-state index in [9.17, 15) is 9.59 Å². The highest BCUT2D eigenvalue weighted by Crippen LogP contribution is 2.05. The Morgan fingerprint density at radius 2 is 2.28 bits per heavy atom. The van der Waals surface area contributed by atoms with Crippen molar-refractivity contribution in [2.24, 2.45) is 13.0 Å². The molecule has 0 aromatic carbocycles. The van der Waals surface area contributed by atoms with Crippen molar-refractivity contribution < 1.29 is 14.7 Å². The smallest absolute Gasteiger partial charge is 0.319 e. The number of rotatable bonds is 6. The molecular formula is C11H18N4O3. The predicted octanol–water partition coefficient (Wildman–Crippen LogP) is 1.04. The van der Waals surface area contributed by atoms with Gasteiger partial charge in [-0.15, -0.1) is 0 Å². The fraction of sp³-hybridized carbons (Fsp3) is 0.545. The Bertz CT molecular complexity index is 416. The first-order chi connectivity index (χ1) is 8.49. The summed E-state index contributed by atoms with van der Waals surface area (Å²) in [5.41, 5.74) is 0.619. The lowest BCUT2D eigenvalue weighted by atomic mass is 10.1. The third kappa shape index (κ3) is 4.86. The molecule has 0 aliphatic heterocycles. The molecule has 0 saturated heterocycles. The lowest BCUT2D eigenvalue weighted by molar-refractivity contribution is -0.141. The van der Waals surface area contributed by atoms with Gasteiger partial charge in [-0.05, 0) is 12.8 Å². The molecule has 18 heavy (non-hydrogen) atoms. The first-order valence-corrected chi connectivity index (χ1v) is 5.75. The van der Waals surface area contributed by atoms with E-state index in [2.05, 4.69) is 15.7 Å². The van der Waals surface area contributed by atoms with Crippen LogP contribution in [0, 0.1) is 5.92 Å². The maximum Gasteiger partial charge on any atom is 0.319 e. The summed E-state index contributed by atoms with van der Waals surface area (Å²) in [6.07, 6.45) is 4.41. The number of anilines is 1. The Hall–Kier alpha value is -2.05. The summed E-state index contributed by atoms with van der Waals surface area (Å²) in [7, 11) is 1.76. The Morgan fingerprint density at radius 3 is 2.83 bits per heavy atom. The second kappa shape index (κ2) is 6.63. The summed E-state index contributed by atoms with van der Waals surface area (Å²) in [5.74, 6) is -1.19. The molecule has 0 bridgehead atoms. The standard InChI is InChI=1S/C11H18N4O3/c1-8(10(16)17)4-3-5-12-11(18)14-9-6-13-15(2)7-9/h6-8H,3-5H2,1-2H3,(H,16,17)(H2,12,14,18). The molecule has 7 heteroatoms. The van der Waals surface area contributed by atoms with E-state index in [0.29, 0.717) is 25.1 Å². The van der Waals surface area contributed by atoms with Gasteiger partial charge in [0.25, 0.3) is 0 Å². The number of aryl methyl sites for hydroxylation is 1. The topological polar surface area (TPSA) is 96.3 Å². The summed E-state index contributed by atoms with van der Waals surface area (Å²) in [5, 5.41) is 17.9. The van der Waals surface area contributed by atoms with Crippen LogP contribution >= 0.6 is 0 Å². The zero-order chi connectivity index (χ0) is 13.5. The van der Waals surface area contributed by atoms with Gasteiger partial charge in [0.1, 0.15) is 0 Å². The summed E-state index contributed by atoms with van der Waals surface area (Å²) < 4.78 is 1.59.